The minimum atomic E-state index is -0.139. The van der Waals surface area contributed by atoms with E-state index < -0.39 is 0 Å². The van der Waals surface area contributed by atoms with Crippen LogP contribution in [0.5, 0.6) is 0 Å². The zero-order chi connectivity index (χ0) is 23.6. The maximum atomic E-state index is 12.0. The third kappa shape index (κ3) is 6.76. The van der Waals surface area contributed by atoms with E-state index in [1.165, 1.54) is 29.6 Å². The molecule has 1 aliphatic rings. The average Bonchev–Trinajstić information content (AvgIpc) is 2.88. The molecule has 6 heteroatoms. The molecule has 1 aliphatic heterocycles. The smallest absolute Gasteiger partial charge is 0.244 e. The van der Waals surface area contributed by atoms with Crippen molar-refractivity contribution >= 4 is 12.0 Å². The molecule has 1 N–H and O–H groups in total. The van der Waals surface area contributed by atoms with E-state index >= 15 is 0 Å². The minimum absolute atomic E-state index is 0.139. The molecular formula is C28H32N4O2. The predicted molar refractivity (Wildman–Crippen MR) is 135 cm³/mol. The van der Waals surface area contributed by atoms with Gasteiger partial charge in [0.25, 0.3) is 0 Å². The van der Waals surface area contributed by atoms with Gasteiger partial charge in [-0.05, 0) is 36.2 Å². The van der Waals surface area contributed by atoms with Crippen LogP contribution in [0.4, 0.5) is 0 Å². The molecule has 0 radical (unpaired) electrons. The van der Waals surface area contributed by atoms with Crippen molar-refractivity contribution in [3.05, 3.63) is 113 Å². The molecule has 6 nitrogen and oxygen atoms in total. The van der Waals surface area contributed by atoms with Gasteiger partial charge in [0.2, 0.25) is 5.91 Å². The molecule has 0 aliphatic carbocycles. The van der Waals surface area contributed by atoms with Crippen LogP contribution in [0.1, 0.15) is 29.2 Å². The van der Waals surface area contributed by atoms with Crippen molar-refractivity contribution in [2.45, 2.75) is 12.5 Å². The number of pyridine rings is 1. The maximum absolute atomic E-state index is 12.0. The molecule has 176 valence electrons. The molecule has 0 bridgehead atoms. The van der Waals surface area contributed by atoms with Crippen LogP contribution in [-0.2, 0) is 4.79 Å². The minimum Gasteiger partial charge on any atom is -0.619 e. The number of benzene rings is 2. The topological polar surface area (TPSA) is 62.5 Å². The van der Waals surface area contributed by atoms with E-state index in [9.17, 15) is 10.0 Å². The van der Waals surface area contributed by atoms with Gasteiger partial charge in [0.1, 0.15) is 0 Å². The number of hydrogen-bond acceptors (Lipinski definition) is 4. The summed E-state index contributed by atoms with van der Waals surface area (Å²) in [5, 5.41) is 14.2. The number of piperazine rings is 1. The number of carbonyl (C=O) groups excluding carboxylic acids is 1. The highest BCUT2D eigenvalue weighted by molar-refractivity contribution is 5.91. The van der Waals surface area contributed by atoms with Crippen molar-refractivity contribution in [3.63, 3.8) is 0 Å². The zero-order valence-electron chi connectivity index (χ0n) is 19.4. The molecule has 1 fully saturated rings. The van der Waals surface area contributed by atoms with E-state index in [1.54, 1.807) is 18.2 Å². The van der Waals surface area contributed by atoms with Gasteiger partial charge in [-0.15, -0.1) is 0 Å². The number of nitrogens with one attached hydrogen (secondary N) is 1. The van der Waals surface area contributed by atoms with E-state index in [0.717, 1.165) is 43.9 Å². The predicted octanol–water partition coefficient (Wildman–Crippen LogP) is 3.25. The fourth-order valence-corrected chi connectivity index (χ4v) is 4.45. The van der Waals surface area contributed by atoms with Crippen LogP contribution in [0.25, 0.3) is 6.08 Å². The normalized spacial score (nSPS) is 15.1. The second-order valence-corrected chi connectivity index (χ2v) is 8.58. The van der Waals surface area contributed by atoms with Crippen LogP contribution in [0.2, 0.25) is 0 Å². The molecule has 0 atom stereocenters. The summed E-state index contributed by atoms with van der Waals surface area (Å²) in [5.74, 6) is -0.139. The Morgan fingerprint density at radius 2 is 1.59 bits per heavy atom. The van der Waals surface area contributed by atoms with Gasteiger partial charge >= 0.3 is 0 Å². The van der Waals surface area contributed by atoms with Crippen molar-refractivity contribution < 1.29 is 9.52 Å². The fraction of sp³-hybridized carbons (Fsp3) is 0.286. The van der Waals surface area contributed by atoms with Gasteiger partial charge in [-0.2, -0.15) is 4.73 Å². The molecule has 0 saturated carbocycles. The molecule has 2 heterocycles. The molecule has 1 saturated heterocycles. The van der Waals surface area contributed by atoms with Crippen LogP contribution < -0.4 is 10.0 Å². The molecule has 0 spiro atoms. The Labute approximate surface area is 201 Å². The number of rotatable bonds is 9. The molecule has 34 heavy (non-hydrogen) atoms. The lowest BCUT2D eigenvalue weighted by Crippen LogP contribution is -2.48. The van der Waals surface area contributed by atoms with Gasteiger partial charge in [0.05, 0.1) is 6.04 Å². The summed E-state index contributed by atoms with van der Waals surface area (Å²) in [6, 6.07) is 25.2. The van der Waals surface area contributed by atoms with Crippen LogP contribution in [0.15, 0.2) is 91.3 Å². The lowest BCUT2D eigenvalue weighted by atomic mass is 9.96. The van der Waals surface area contributed by atoms with Gasteiger partial charge in [0.15, 0.2) is 12.4 Å². The van der Waals surface area contributed by atoms with Crippen LogP contribution in [0, 0.1) is 5.21 Å². The first kappa shape index (κ1) is 23.7. The quantitative estimate of drug-likeness (QED) is 0.232. The third-order valence-corrected chi connectivity index (χ3v) is 6.18. The molecule has 2 aromatic carbocycles. The Hall–Kier alpha value is -3.48. The van der Waals surface area contributed by atoms with Crippen molar-refractivity contribution in [2.75, 3.05) is 39.3 Å². The number of aromatic nitrogens is 1. The number of hydrogen-bond donors (Lipinski definition) is 1. The highest BCUT2D eigenvalue weighted by Crippen LogP contribution is 2.29. The SMILES string of the molecule is O=C(C=Cc1ccc[n+]([O-])c1)NCCCN1CCN(C(c2ccccc2)c2ccccc2)CC1. The molecule has 4 rings (SSSR count). The van der Waals surface area contributed by atoms with Gasteiger partial charge in [-0.25, -0.2) is 0 Å². The Morgan fingerprint density at radius 3 is 2.21 bits per heavy atom. The second kappa shape index (κ2) is 12.1. The lowest BCUT2D eigenvalue weighted by Gasteiger charge is -2.39. The Kier molecular flexibility index (Phi) is 8.43. The fourth-order valence-electron chi connectivity index (χ4n) is 4.45. The largest absolute Gasteiger partial charge is 0.619 e. The summed E-state index contributed by atoms with van der Waals surface area (Å²) < 4.78 is 0.721. The summed E-state index contributed by atoms with van der Waals surface area (Å²) >= 11 is 0. The first-order chi connectivity index (χ1) is 16.7. The average molecular weight is 457 g/mol. The zero-order valence-corrected chi connectivity index (χ0v) is 19.4. The highest BCUT2D eigenvalue weighted by Gasteiger charge is 2.26. The van der Waals surface area contributed by atoms with Crippen molar-refractivity contribution in [1.82, 2.24) is 15.1 Å². The van der Waals surface area contributed by atoms with Crippen LogP contribution in [-0.4, -0.2) is 55.0 Å². The summed E-state index contributed by atoms with van der Waals surface area (Å²) in [7, 11) is 0. The first-order valence-corrected chi connectivity index (χ1v) is 11.9. The Balaban J connectivity index is 1.22. The first-order valence-electron chi connectivity index (χ1n) is 11.9. The van der Waals surface area contributed by atoms with Gasteiger partial charge in [-0.3, -0.25) is 9.69 Å². The van der Waals surface area contributed by atoms with Crippen LogP contribution >= 0.6 is 0 Å². The molecule has 1 aromatic heterocycles. The highest BCUT2D eigenvalue weighted by atomic mass is 16.5. The molecule has 0 unspecified atom stereocenters. The molecular weight excluding hydrogens is 424 g/mol. The van der Waals surface area contributed by atoms with E-state index in [0.29, 0.717) is 12.1 Å². The lowest BCUT2D eigenvalue weighted by molar-refractivity contribution is -0.605. The number of carbonyl (C=O) groups is 1. The molecule has 3 aromatic rings. The Morgan fingerprint density at radius 1 is 0.941 bits per heavy atom. The van der Waals surface area contributed by atoms with E-state index in [4.69, 9.17) is 0 Å². The van der Waals surface area contributed by atoms with Gasteiger partial charge in [0, 0.05) is 50.4 Å². The van der Waals surface area contributed by atoms with E-state index in [-0.39, 0.29) is 11.9 Å². The Bertz CT molecular complexity index is 1020. The van der Waals surface area contributed by atoms with E-state index in [1.807, 2.05) is 0 Å². The van der Waals surface area contributed by atoms with Crippen molar-refractivity contribution in [1.29, 1.82) is 0 Å². The summed E-state index contributed by atoms with van der Waals surface area (Å²) in [5.41, 5.74) is 3.37. The summed E-state index contributed by atoms with van der Waals surface area (Å²) in [6.07, 6.45) is 6.89. The summed E-state index contributed by atoms with van der Waals surface area (Å²) in [6.45, 7) is 5.67. The number of amides is 1. The monoisotopic (exact) mass is 456 g/mol. The maximum Gasteiger partial charge on any atom is 0.244 e. The van der Waals surface area contributed by atoms with E-state index in [2.05, 4.69) is 75.8 Å². The summed E-state index contributed by atoms with van der Waals surface area (Å²) in [4.78, 5) is 17.1. The van der Waals surface area contributed by atoms with Gasteiger partial charge < -0.3 is 15.4 Å². The number of nitrogens with zero attached hydrogens (tertiary/aromatic N) is 3. The van der Waals surface area contributed by atoms with Gasteiger partial charge in [-0.1, -0.05) is 60.7 Å². The second-order valence-electron chi connectivity index (χ2n) is 8.58. The van der Waals surface area contributed by atoms with Crippen LogP contribution in [0.3, 0.4) is 0 Å². The molecule has 1 amide bonds. The standard InChI is InChI=1S/C28H32N4O2/c33-27(15-14-24-9-7-18-32(34)23-24)29-16-8-17-30-19-21-31(22-20-30)28(25-10-3-1-4-11-25)26-12-5-2-6-13-26/h1-7,9-15,18,23,28H,8,16-17,19-22H2,(H,29,33). The van der Waals surface area contributed by atoms with Crippen molar-refractivity contribution in [2.24, 2.45) is 0 Å². The third-order valence-electron chi connectivity index (χ3n) is 6.18. The van der Waals surface area contributed by atoms with Crippen molar-refractivity contribution in [3.8, 4) is 0 Å².